The minimum Gasteiger partial charge on any atom is -0.408 e. The van der Waals surface area contributed by atoms with Gasteiger partial charge in [-0.15, -0.1) is 12.4 Å². The zero-order valence-electron chi connectivity index (χ0n) is 10.8. The summed E-state index contributed by atoms with van der Waals surface area (Å²) in [5.74, 6) is -0.472. The number of hydrogen-bond donors (Lipinski definition) is 3. The van der Waals surface area contributed by atoms with Gasteiger partial charge in [0.25, 0.3) is 0 Å². The number of aromatic nitrogens is 1. The van der Waals surface area contributed by atoms with E-state index >= 15 is 0 Å². The quantitative estimate of drug-likeness (QED) is 0.783. The standard InChI is InChI=1S/C13H15N3O3.ClH/c17-12(8-2-1-5-14-7-8)15-9-3-4-11-10(6-9)16-13(18)19-11;/h3-4,6,8,14H,1-2,5,7H2,(H,15,17)(H,16,18);1H. The van der Waals surface area contributed by atoms with Crippen molar-refractivity contribution in [2.24, 2.45) is 5.92 Å². The van der Waals surface area contributed by atoms with Crippen molar-refractivity contribution in [2.75, 3.05) is 18.4 Å². The van der Waals surface area contributed by atoms with Gasteiger partial charge >= 0.3 is 5.76 Å². The molecular weight excluding hydrogens is 282 g/mol. The third-order valence-corrected chi connectivity index (χ3v) is 3.35. The molecule has 0 spiro atoms. The van der Waals surface area contributed by atoms with Crippen LogP contribution in [-0.4, -0.2) is 24.0 Å². The number of carbonyl (C=O) groups excluding carboxylic acids is 1. The number of aromatic amines is 1. The summed E-state index contributed by atoms with van der Waals surface area (Å²) in [5, 5.41) is 6.08. The van der Waals surface area contributed by atoms with Crippen molar-refractivity contribution < 1.29 is 9.21 Å². The van der Waals surface area contributed by atoms with Gasteiger partial charge in [-0.1, -0.05) is 0 Å². The van der Waals surface area contributed by atoms with Crippen molar-refractivity contribution in [1.82, 2.24) is 10.3 Å². The van der Waals surface area contributed by atoms with Crippen molar-refractivity contribution in [1.29, 1.82) is 0 Å². The van der Waals surface area contributed by atoms with Crippen LogP contribution >= 0.6 is 12.4 Å². The monoisotopic (exact) mass is 297 g/mol. The first-order chi connectivity index (χ1) is 9.22. The van der Waals surface area contributed by atoms with Crippen molar-refractivity contribution in [2.45, 2.75) is 12.8 Å². The summed E-state index contributed by atoms with van der Waals surface area (Å²) in [6.07, 6.45) is 1.93. The van der Waals surface area contributed by atoms with E-state index in [0.29, 0.717) is 16.8 Å². The van der Waals surface area contributed by atoms with Gasteiger partial charge in [-0.3, -0.25) is 9.78 Å². The van der Waals surface area contributed by atoms with Crippen molar-refractivity contribution in [3.05, 3.63) is 28.7 Å². The minimum atomic E-state index is -0.491. The first-order valence-electron chi connectivity index (χ1n) is 6.37. The van der Waals surface area contributed by atoms with E-state index in [9.17, 15) is 9.59 Å². The van der Waals surface area contributed by atoms with Gasteiger partial charge in [0.15, 0.2) is 5.58 Å². The average Bonchev–Trinajstić information content (AvgIpc) is 2.79. The predicted octanol–water partition coefficient (Wildman–Crippen LogP) is 1.48. The molecule has 1 aromatic carbocycles. The molecule has 6 nitrogen and oxygen atoms in total. The second-order valence-corrected chi connectivity index (χ2v) is 4.76. The Morgan fingerprint density at radius 2 is 2.25 bits per heavy atom. The lowest BCUT2D eigenvalue weighted by Gasteiger charge is -2.21. The van der Waals surface area contributed by atoms with E-state index in [4.69, 9.17) is 4.42 Å². The van der Waals surface area contributed by atoms with E-state index in [1.165, 1.54) is 0 Å². The van der Waals surface area contributed by atoms with Crippen LogP contribution in [0.25, 0.3) is 11.1 Å². The van der Waals surface area contributed by atoms with Crippen LogP contribution in [-0.2, 0) is 4.79 Å². The SMILES string of the molecule is Cl.O=C(Nc1ccc2oc(=O)[nH]c2c1)C1CCCNC1. The van der Waals surface area contributed by atoms with Crippen molar-refractivity contribution in [3.63, 3.8) is 0 Å². The number of nitrogens with one attached hydrogen (secondary N) is 3. The van der Waals surface area contributed by atoms with E-state index in [-0.39, 0.29) is 24.2 Å². The number of oxazole rings is 1. The molecule has 20 heavy (non-hydrogen) atoms. The average molecular weight is 298 g/mol. The molecule has 2 aromatic rings. The van der Waals surface area contributed by atoms with Crippen molar-refractivity contribution >= 4 is 35.1 Å². The zero-order valence-corrected chi connectivity index (χ0v) is 11.6. The lowest BCUT2D eigenvalue weighted by Crippen LogP contribution is -2.37. The Morgan fingerprint density at radius 1 is 1.40 bits per heavy atom. The summed E-state index contributed by atoms with van der Waals surface area (Å²) >= 11 is 0. The molecule has 1 saturated heterocycles. The number of hydrogen-bond acceptors (Lipinski definition) is 4. The van der Waals surface area contributed by atoms with Crippen LogP contribution in [0.5, 0.6) is 0 Å². The fourth-order valence-corrected chi connectivity index (χ4v) is 2.35. The Morgan fingerprint density at radius 3 is 3.00 bits per heavy atom. The Balaban J connectivity index is 0.00000147. The molecule has 1 aromatic heterocycles. The Bertz CT molecular complexity index is 658. The summed E-state index contributed by atoms with van der Waals surface area (Å²) in [6.45, 7) is 1.70. The summed E-state index contributed by atoms with van der Waals surface area (Å²) < 4.78 is 4.91. The number of anilines is 1. The maximum Gasteiger partial charge on any atom is 0.417 e. The highest BCUT2D eigenvalue weighted by Crippen LogP contribution is 2.18. The van der Waals surface area contributed by atoms with Gasteiger partial charge < -0.3 is 15.1 Å². The van der Waals surface area contributed by atoms with Crippen LogP contribution in [0.2, 0.25) is 0 Å². The zero-order chi connectivity index (χ0) is 13.2. The normalized spacial score (nSPS) is 18.5. The summed E-state index contributed by atoms with van der Waals surface area (Å²) in [5.41, 5.74) is 1.74. The Labute approximate surface area is 121 Å². The van der Waals surface area contributed by atoms with E-state index in [2.05, 4.69) is 15.6 Å². The fraction of sp³-hybridized carbons (Fsp3) is 0.385. The first-order valence-corrected chi connectivity index (χ1v) is 6.37. The molecule has 0 aliphatic carbocycles. The number of piperidine rings is 1. The van der Waals surface area contributed by atoms with E-state index in [0.717, 1.165) is 25.9 Å². The molecule has 0 radical (unpaired) electrons. The highest BCUT2D eigenvalue weighted by atomic mass is 35.5. The Kier molecular flexibility index (Phi) is 4.46. The van der Waals surface area contributed by atoms with Gasteiger partial charge in [0.05, 0.1) is 11.4 Å². The molecule has 1 aliphatic rings. The van der Waals surface area contributed by atoms with E-state index in [1.807, 2.05) is 0 Å². The predicted molar refractivity (Wildman–Crippen MR) is 78.3 cm³/mol. The van der Waals surface area contributed by atoms with Gasteiger partial charge in [-0.2, -0.15) is 0 Å². The molecule has 0 saturated carbocycles. The largest absolute Gasteiger partial charge is 0.417 e. The highest BCUT2D eigenvalue weighted by molar-refractivity contribution is 5.94. The summed E-state index contributed by atoms with van der Waals surface area (Å²) in [4.78, 5) is 25.7. The van der Waals surface area contributed by atoms with Gasteiger partial charge in [0.2, 0.25) is 5.91 Å². The maximum atomic E-state index is 12.1. The number of benzene rings is 1. The minimum absolute atomic E-state index is 0. The Hall–Kier alpha value is -1.79. The molecule has 1 fully saturated rings. The van der Waals surface area contributed by atoms with E-state index < -0.39 is 5.76 Å². The van der Waals surface area contributed by atoms with Gasteiger partial charge in [-0.25, -0.2) is 4.79 Å². The molecule has 3 rings (SSSR count). The summed E-state index contributed by atoms with van der Waals surface area (Å²) in [6, 6.07) is 5.10. The molecule has 1 amide bonds. The number of rotatable bonds is 2. The molecule has 1 atom stereocenters. The van der Waals surface area contributed by atoms with Gasteiger partial charge in [0, 0.05) is 12.2 Å². The van der Waals surface area contributed by atoms with Crippen LogP contribution in [0.1, 0.15) is 12.8 Å². The second kappa shape index (κ2) is 6.11. The highest BCUT2D eigenvalue weighted by Gasteiger charge is 2.20. The number of halogens is 1. The topological polar surface area (TPSA) is 87.1 Å². The molecular formula is C13H16ClN3O3. The lowest BCUT2D eigenvalue weighted by atomic mass is 9.99. The molecule has 0 bridgehead atoms. The van der Waals surface area contributed by atoms with Crippen LogP contribution in [0.15, 0.2) is 27.4 Å². The van der Waals surface area contributed by atoms with Crippen LogP contribution in [0.3, 0.4) is 0 Å². The third kappa shape index (κ3) is 3.02. The smallest absolute Gasteiger partial charge is 0.408 e. The molecule has 1 unspecified atom stereocenters. The molecule has 3 N–H and O–H groups in total. The lowest BCUT2D eigenvalue weighted by molar-refractivity contribution is -0.120. The molecule has 2 heterocycles. The number of carbonyl (C=O) groups is 1. The van der Waals surface area contributed by atoms with Crippen LogP contribution in [0.4, 0.5) is 5.69 Å². The molecule has 7 heteroatoms. The third-order valence-electron chi connectivity index (χ3n) is 3.35. The van der Waals surface area contributed by atoms with Crippen molar-refractivity contribution in [3.8, 4) is 0 Å². The fourth-order valence-electron chi connectivity index (χ4n) is 2.35. The second-order valence-electron chi connectivity index (χ2n) is 4.76. The summed E-state index contributed by atoms with van der Waals surface area (Å²) in [7, 11) is 0. The molecule has 1 aliphatic heterocycles. The first kappa shape index (κ1) is 14.6. The van der Waals surface area contributed by atoms with E-state index in [1.54, 1.807) is 18.2 Å². The van der Waals surface area contributed by atoms with Crippen LogP contribution < -0.4 is 16.4 Å². The number of fused-ring (bicyclic) bond motifs is 1. The van der Waals surface area contributed by atoms with Gasteiger partial charge in [0.1, 0.15) is 0 Å². The maximum absolute atomic E-state index is 12.1. The van der Waals surface area contributed by atoms with Gasteiger partial charge in [-0.05, 0) is 37.6 Å². The number of amides is 1. The number of H-pyrrole nitrogens is 1. The van der Waals surface area contributed by atoms with Crippen LogP contribution in [0, 0.1) is 5.92 Å². The molecule has 108 valence electrons.